The predicted octanol–water partition coefficient (Wildman–Crippen LogP) is 3.03. The van der Waals surface area contributed by atoms with E-state index in [4.69, 9.17) is 0 Å². The van der Waals surface area contributed by atoms with Crippen molar-refractivity contribution in [3.8, 4) is 0 Å². The molecule has 0 saturated carbocycles. The van der Waals surface area contributed by atoms with Gasteiger partial charge in [-0.2, -0.15) is 0 Å². The van der Waals surface area contributed by atoms with Gasteiger partial charge in [-0.15, -0.1) is 0 Å². The van der Waals surface area contributed by atoms with Crippen molar-refractivity contribution in [3.05, 3.63) is 95.6 Å². The molecule has 3 rings (SSSR count). The Morgan fingerprint density at radius 2 is 1.48 bits per heavy atom. The number of carbonyl (C=O) groups is 3. The Balaban J connectivity index is 1.48. The Labute approximate surface area is 180 Å². The molecule has 7 heteroatoms. The van der Waals surface area contributed by atoms with Crippen molar-refractivity contribution in [2.24, 2.45) is 0 Å². The summed E-state index contributed by atoms with van der Waals surface area (Å²) < 4.78 is 0. The molecule has 0 aromatic heterocycles. The van der Waals surface area contributed by atoms with Crippen LogP contribution in [0.1, 0.15) is 26.3 Å². The van der Waals surface area contributed by atoms with E-state index in [0.717, 1.165) is 5.56 Å². The molecule has 0 atom stereocenters. The van der Waals surface area contributed by atoms with E-state index in [-0.39, 0.29) is 24.3 Å². The summed E-state index contributed by atoms with van der Waals surface area (Å²) in [5.41, 5.74) is 3.29. The van der Waals surface area contributed by atoms with Gasteiger partial charge in [0.2, 0.25) is 5.91 Å². The fraction of sp³-hybridized carbons (Fsp3) is 0.125. The predicted molar refractivity (Wildman–Crippen MR) is 121 cm³/mol. The molecule has 0 aliphatic carbocycles. The molecule has 3 aromatic rings. The average Bonchev–Trinajstić information content (AvgIpc) is 2.82. The molecule has 158 valence electrons. The molecule has 3 aromatic carbocycles. The van der Waals surface area contributed by atoms with E-state index in [1.807, 2.05) is 30.3 Å². The van der Waals surface area contributed by atoms with Crippen molar-refractivity contribution in [2.45, 2.75) is 6.54 Å². The zero-order chi connectivity index (χ0) is 22.1. The molecule has 4 N–H and O–H groups in total. The monoisotopic (exact) mass is 416 g/mol. The van der Waals surface area contributed by atoms with Crippen molar-refractivity contribution in [2.75, 3.05) is 24.2 Å². The van der Waals surface area contributed by atoms with E-state index in [1.54, 1.807) is 55.6 Å². The summed E-state index contributed by atoms with van der Waals surface area (Å²) in [4.78, 5) is 36.2. The number of rotatable bonds is 8. The molecule has 0 aliphatic heterocycles. The van der Waals surface area contributed by atoms with Gasteiger partial charge in [0.15, 0.2) is 0 Å². The van der Waals surface area contributed by atoms with Crippen LogP contribution in [0.15, 0.2) is 78.9 Å². The van der Waals surface area contributed by atoms with E-state index >= 15 is 0 Å². The van der Waals surface area contributed by atoms with E-state index in [1.165, 1.54) is 0 Å². The highest BCUT2D eigenvalue weighted by Crippen LogP contribution is 2.12. The van der Waals surface area contributed by atoms with E-state index in [2.05, 4.69) is 21.3 Å². The van der Waals surface area contributed by atoms with Crippen LogP contribution in [0.25, 0.3) is 0 Å². The number of carbonyl (C=O) groups excluding carboxylic acids is 3. The Bertz CT molecular complexity index is 1050. The number of nitrogens with one attached hydrogen (secondary N) is 4. The highest BCUT2D eigenvalue weighted by molar-refractivity contribution is 5.98. The summed E-state index contributed by atoms with van der Waals surface area (Å²) in [6, 6.07) is 23.3. The third-order valence-electron chi connectivity index (χ3n) is 4.53. The lowest BCUT2D eigenvalue weighted by Gasteiger charge is -2.10. The lowest BCUT2D eigenvalue weighted by atomic mass is 10.1. The topological polar surface area (TPSA) is 99.3 Å². The molecule has 0 unspecified atom stereocenters. The fourth-order valence-electron chi connectivity index (χ4n) is 2.89. The van der Waals surface area contributed by atoms with E-state index in [9.17, 15) is 14.4 Å². The summed E-state index contributed by atoms with van der Waals surface area (Å²) in [6.45, 7) is 0.505. The minimum Gasteiger partial charge on any atom is -0.376 e. The smallest absolute Gasteiger partial charge is 0.251 e. The molecule has 0 bridgehead atoms. The molecule has 0 heterocycles. The Morgan fingerprint density at radius 1 is 0.742 bits per heavy atom. The first-order valence-corrected chi connectivity index (χ1v) is 9.83. The number of hydrogen-bond donors (Lipinski definition) is 4. The Kier molecular flexibility index (Phi) is 7.37. The number of benzene rings is 3. The first kappa shape index (κ1) is 21.6. The van der Waals surface area contributed by atoms with Crippen molar-refractivity contribution in [3.63, 3.8) is 0 Å². The largest absolute Gasteiger partial charge is 0.376 e. The van der Waals surface area contributed by atoms with Crippen molar-refractivity contribution < 1.29 is 14.4 Å². The fourth-order valence-corrected chi connectivity index (χ4v) is 2.89. The summed E-state index contributed by atoms with van der Waals surface area (Å²) in [7, 11) is 1.55. The second kappa shape index (κ2) is 10.6. The van der Waals surface area contributed by atoms with Gasteiger partial charge in [-0.05, 0) is 48.0 Å². The first-order chi connectivity index (χ1) is 15.0. The van der Waals surface area contributed by atoms with Gasteiger partial charge in [0.1, 0.15) is 0 Å². The molecule has 0 saturated heterocycles. The maximum atomic E-state index is 12.3. The van der Waals surface area contributed by atoms with Gasteiger partial charge in [0.25, 0.3) is 11.8 Å². The van der Waals surface area contributed by atoms with Gasteiger partial charge in [0.05, 0.1) is 6.54 Å². The highest BCUT2D eigenvalue weighted by atomic mass is 16.2. The normalized spacial score (nSPS) is 10.1. The standard InChI is InChI=1S/C24H24N4O3/c1-25-23(30)19-8-5-9-21(14-19)28-22(29)16-26-20-12-10-18(11-13-20)24(31)27-15-17-6-3-2-4-7-17/h2-14,26H,15-16H2,1H3,(H,25,30)(H,27,31)(H,28,29). The van der Waals surface area contributed by atoms with Gasteiger partial charge in [-0.3, -0.25) is 14.4 Å². The van der Waals surface area contributed by atoms with Gasteiger partial charge >= 0.3 is 0 Å². The molecular formula is C24H24N4O3. The molecule has 0 aliphatic rings. The average molecular weight is 416 g/mol. The number of anilines is 2. The third kappa shape index (κ3) is 6.43. The molecular weight excluding hydrogens is 392 g/mol. The number of hydrogen-bond acceptors (Lipinski definition) is 4. The van der Waals surface area contributed by atoms with Gasteiger partial charge in [-0.1, -0.05) is 36.4 Å². The van der Waals surface area contributed by atoms with Crippen LogP contribution in [0.2, 0.25) is 0 Å². The maximum absolute atomic E-state index is 12.3. The van der Waals surface area contributed by atoms with E-state index in [0.29, 0.717) is 29.0 Å². The van der Waals surface area contributed by atoms with Crippen LogP contribution in [-0.2, 0) is 11.3 Å². The molecule has 3 amide bonds. The van der Waals surface area contributed by atoms with E-state index < -0.39 is 0 Å². The molecule has 7 nitrogen and oxygen atoms in total. The summed E-state index contributed by atoms with van der Waals surface area (Å²) in [6.07, 6.45) is 0. The summed E-state index contributed by atoms with van der Waals surface area (Å²) in [5.74, 6) is -0.634. The zero-order valence-electron chi connectivity index (χ0n) is 17.1. The summed E-state index contributed by atoms with van der Waals surface area (Å²) in [5, 5.41) is 11.2. The molecule has 0 radical (unpaired) electrons. The van der Waals surface area contributed by atoms with Crippen LogP contribution in [0, 0.1) is 0 Å². The lowest BCUT2D eigenvalue weighted by molar-refractivity contribution is -0.114. The van der Waals surface area contributed by atoms with Crippen molar-refractivity contribution in [1.29, 1.82) is 0 Å². The van der Waals surface area contributed by atoms with Crippen molar-refractivity contribution in [1.82, 2.24) is 10.6 Å². The second-order valence-electron chi connectivity index (χ2n) is 6.81. The van der Waals surface area contributed by atoms with Gasteiger partial charge in [-0.25, -0.2) is 0 Å². The third-order valence-corrected chi connectivity index (χ3v) is 4.53. The highest BCUT2D eigenvalue weighted by Gasteiger charge is 2.08. The SMILES string of the molecule is CNC(=O)c1cccc(NC(=O)CNc2ccc(C(=O)NCc3ccccc3)cc2)c1. The Hall–Kier alpha value is -4.13. The van der Waals surface area contributed by atoms with Crippen molar-refractivity contribution >= 4 is 29.1 Å². The zero-order valence-corrected chi connectivity index (χ0v) is 17.1. The maximum Gasteiger partial charge on any atom is 0.251 e. The molecule has 0 spiro atoms. The number of amides is 3. The Morgan fingerprint density at radius 3 is 2.19 bits per heavy atom. The minimum absolute atomic E-state index is 0.0454. The van der Waals surface area contributed by atoms with Gasteiger partial charge < -0.3 is 21.3 Å². The first-order valence-electron chi connectivity index (χ1n) is 9.83. The van der Waals surface area contributed by atoms with Crippen LogP contribution in [0.4, 0.5) is 11.4 Å². The summed E-state index contributed by atoms with van der Waals surface area (Å²) >= 11 is 0. The minimum atomic E-state index is -0.251. The van der Waals surface area contributed by atoms with Crippen LogP contribution in [0.5, 0.6) is 0 Å². The lowest BCUT2D eigenvalue weighted by Crippen LogP contribution is -2.23. The molecule has 0 fully saturated rings. The van der Waals surface area contributed by atoms with Crippen LogP contribution in [-0.4, -0.2) is 31.3 Å². The van der Waals surface area contributed by atoms with Crippen LogP contribution < -0.4 is 21.3 Å². The van der Waals surface area contributed by atoms with Crippen LogP contribution in [0.3, 0.4) is 0 Å². The quantitative estimate of drug-likeness (QED) is 0.454. The van der Waals surface area contributed by atoms with Crippen LogP contribution >= 0.6 is 0 Å². The second-order valence-corrected chi connectivity index (χ2v) is 6.81. The van der Waals surface area contributed by atoms with Gasteiger partial charge in [0, 0.05) is 36.1 Å². The molecule has 31 heavy (non-hydrogen) atoms.